The first-order valence-corrected chi connectivity index (χ1v) is 8.68. The van der Waals surface area contributed by atoms with Crippen molar-refractivity contribution < 1.29 is 9.18 Å². The molecule has 0 aliphatic carbocycles. The number of nitrogens with zero attached hydrogens (tertiary/aromatic N) is 2. The Morgan fingerprint density at radius 1 is 1.20 bits per heavy atom. The molecular formula is C18H17FN4OS. The van der Waals surface area contributed by atoms with E-state index in [0.717, 1.165) is 22.4 Å². The molecule has 1 heterocycles. The van der Waals surface area contributed by atoms with Gasteiger partial charge < -0.3 is 5.32 Å². The van der Waals surface area contributed by atoms with Gasteiger partial charge in [0.15, 0.2) is 5.82 Å². The molecule has 3 aromatic rings. The van der Waals surface area contributed by atoms with Gasteiger partial charge in [0.1, 0.15) is 5.82 Å². The lowest BCUT2D eigenvalue weighted by atomic mass is 10.1. The van der Waals surface area contributed by atoms with Crippen molar-refractivity contribution in [1.29, 1.82) is 0 Å². The Hall–Kier alpha value is -2.67. The number of aryl methyl sites for hydroxylation is 2. The third-order valence-corrected chi connectivity index (χ3v) is 4.42. The van der Waals surface area contributed by atoms with E-state index in [0.29, 0.717) is 11.0 Å². The predicted octanol–water partition coefficient (Wildman–Crippen LogP) is 3.96. The molecule has 7 heteroatoms. The summed E-state index contributed by atoms with van der Waals surface area (Å²) in [5.74, 6) is 0.317. The Kier molecular flexibility index (Phi) is 5.14. The number of benzene rings is 2. The Morgan fingerprint density at radius 3 is 2.68 bits per heavy atom. The van der Waals surface area contributed by atoms with Crippen LogP contribution in [0.5, 0.6) is 0 Å². The molecule has 128 valence electrons. The third kappa shape index (κ3) is 4.45. The van der Waals surface area contributed by atoms with Crippen LogP contribution < -0.4 is 5.32 Å². The second-order valence-electron chi connectivity index (χ2n) is 5.63. The summed E-state index contributed by atoms with van der Waals surface area (Å²) < 4.78 is 13.0. The molecule has 2 aromatic carbocycles. The highest BCUT2D eigenvalue weighted by atomic mass is 32.2. The number of nitrogens with one attached hydrogen (secondary N) is 2. The van der Waals surface area contributed by atoms with E-state index in [2.05, 4.69) is 20.5 Å². The van der Waals surface area contributed by atoms with Gasteiger partial charge in [-0.15, -0.1) is 5.10 Å². The fraction of sp³-hybridized carbons (Fsp3) is 0.167. The number of aromatic amines is 1. The van der Waals surface area contributed by atoms with Crippen LogP contribution in [0.4, 0.5) is 10.1 Å². The lowest BCUT2D eigenvalue weighted by Crippen LogP contribution is -2.15. The Bertz CT molecular complexity index is 892. The number of halogens is 1. The normalized spacial score (nSPS) is 10.7. The molecule has 0 bridgehead atoms. The Morgan fingerprint density at radius 2 is 1.96 bits per heavy atom. The van der Waals surface area contributed by atoms with E-state index in [9.17, 15) is 9.18 Å². The van der Waals surface area contributed by atoms with Crippen LogP contribution in [0.2, 0.25) is 0 Å². The summed E-state index contributed by atoms with van der Waals surface area (Å²) in [6.45, 7) is 3.97. The zero-order valence-corrected chi connectivity index (χ0v) is 14.7. The Labute approximate surface area is 149 Å². The summed E-state index contributed by atoms with van der Waals surface area (Å²) in [5, 5.41) is 10.2. The molecule has 0 atom stereocenters. The quantitative estimate of drug-likeness (QED) is 0.679. The molecule has 0 radical (unpaired) electrons. The summed E-state index contributed by atoms with van der Waals surface area (Å²) in [6.07, 6.45) is 0. The molecule has 2 N–H and O–H groups in total. The van der Waals surface area contributed by atoms with Crippen LogP contribution in [0.3, 0.4) is 0 Å². The number of carbonyl (C=O) groups is 1. The fourth-order valence-corrected chi connectivity index (χ4v) is 2.92. The molecule has 0 unspecified atom stereocenters. The molecular weight excluding hydrogens is 339 g/mol. The molecule has 0 saturated heterocycles. The van der Waals surface area contributed by atoms with Crippen LogP contribution in [-0.4, -0.2) is 26.8 Å². The molecule has 0 aliphatic heterocycles. The zero-order chi connectivity index (χ0) is 17.8. The summed E-state index contributed by atoms with van der Waals surface area (Å²) in [7, 11) is 0. The lowest BCUT2D eigenvalue weighted by molar-refractivity contribution is -0.113. The smallest absolute Gasteiger partial charge is 0.234 e. The van der Waals surface area contributed by atoms with E-state index in [1.54, 1.807) is 12.1 Å². The molecule has 0 saturated carbocycles. The van der Waals surface area contributed by atoms with Crippen molar-refractivity contribution >= 4 is 23.4 Å². The van der Waals surface area contributed by atoms with Gasteiger partial charge in [0.2, 0.25) is 11.1 Å². The number of thioether (sulfide) groups is 1. The largest absolute Gasteiger partial charge is 0.325 e. The molecule has 1 aromatic heterocycles. The number of H-pyrrole nitrogens is 1. The van der Waals surface area contributed by atoms with E-state index in [1.165, 1.54) is 23.9 Å². The van der Waals surface area contributed by atoms with E-state index in [-0.39, 0.29) is 17.5 Å². The number of anilines is 1. The number of aromatic nitrogens is 3. The maximum absolute atomic E-state index is 13.0. The average molecular weight is 356 g/mol. The zero-order valence-electron chi connectivity index (χ0n) is 13.8. The Balaban J connectivity index is 1.58. The summed E-state index contributed by atoms with van der Waals surface area (Å²) in [5.41, 5.74) is 3.72. The van der Waals surface area contributed by atoms with Gasteiger partial charge in [-0.3, -0.25) is 9.89 Å². The first-order chi connectivity index (χ1) is 12.0. The van der Waals surface area contributed by atoms with Gasteiger partial charge in [0.25, 0.3) is 0 Å². The van der Waals surface area contributed by atoms with Crippen LogP contribution in [0, 0.1) is 19.7 Å². The predicted molar refractivity (Wildman–Crippen MR) is 97.0 cm³/mol. The molecule has 3 rings (SSSR count). The van der Waals surface area contributed by atoms with E-state index >= 15 is 0 Å². The third-order valence-electron chi connectivity index (χ3n) is 3.57. The number of amides is 1. The van der Waals surface area contributed by atoms with Gasteiger partial charge in [-0.05, 0) is 49.7 Å². The van der Waals surface area contributed by atoms with Gasteiger partial charge in [-0.1, -0.05) is 29.5 Å². The van der Waals surface area contributed by atoms with Crippen molar-refractivity contribution in [1.82, 2.24) is 15.2 Å². The monoisotopic (exact) mass is 356 g/mol. The molecule has 25 heavy (non-hydrogen) atoms. The van der Waals surface area contributed by atoms with Crippen LogP contribution in [0.1, 0.15) is 11.1 Å². The molecule has 0 fully saturated rings. The van der Waals surface area contributed by atoms with E-state index < -0.39 is 0 Å². The van der Waals surface area contributed by atoms with Crippen LogP contribution in [0.25, 0.3) is 11.4 Å². The first kappa shape index (κ1) is 17.2. The van der Waals surface area contributed by atoms with E-state index in [1.807, 2.05) is 32.0 Å². The average Bonchev–Trinajstić information content (AvgIpc) is 3.05. The van der Waals surface area contributed by atoms with E-state index in [4.69, 9.17) is 0 Å². The number of hydrogen-bond acceptors (Lipinski definition) is 4. The molecule has 5 nitrogen and oxygen atoms in total. The highest BCUT2D eigenvalue weighted by Gasteiger charge is 2.10. The fourth-order valence-electron chi connectivity index (χ4n) is 2.32. The van der Waals surface area contributed by atoms with Crippen molar-refractivity contribution in [3.8, 4) is 11.4 Å². The van der Waals surface area contributed by atoms with Crippen molar-refractivity contribution in [2.45, 2.75) is 19.0 Å². The highest BCUT2D eigenvalue weighted by molar-refractivity contribution is 7.99. The van der Waals surface area contributed by atoms with Gasteiger partial charge in [0.05, 0.1) is 5.75 Å². The summed E-state index contributed by atoms with van der Waals surface area (Å²) in [4.78, 5) is 16.4. The van der Waals surface area contributed by atoms with Gasteiger partial charge in [0, 0.05) is 11.3 Å². The van der Waals surface area contributed by atoms with Gasteiger partial charge in [-0.25, -0.2) is 9.37 Å². The second-order valence-corrected chi connectivity index (χ2v) is 6.57. The molecule has 1 amide bonds. The van der Waals surface area contributed by atoms with Crippen molar-refractivity contribution in [3.05, 3.63) is 59.4 Å². The maximum Gasteiger partial charge on any atom is 0.234 e. The number of hydrogen-bond donors (Lipinski definition) is 2. The SMILES string of the molecule is Cc1ccc(NC(=O)CSc2n[nH]c(-c3ccc(F)cc3)n2)c(C)c1. The standard InChI is InChI=1S/C18H17FN4OS/c1-11-3-8-15(12(2)9-11)20-16(24)10-25-18-21-17(22-23-18)13-4-6-14(19)7-5-13/h3-9H,10H2,1-2H3,(H,20,24)(H,21,22,23). The minimum atomic E-state index is -0.305. The van der Waals surface area contributed by atoms with Crippen molar-refractivity contribution in [3.63, 3.8) is 0 Å². The number of carbonyl (C=O) groups excluding carboxylic acids is 1. The maximum atomic E-state index is 13.0. The van der Waals surface area contributed by atoms with Crippen LogP contribution in [0.15, 0.2) is 47.6 Å². The topological polar surface area (TPSA) is 70.7 Å². The van der Waals surface area contributed by atoms with Crippen molar-refractivity contribution in [2.24, 2.45) is 0 Å². The molecule has 0 aliphatic rings. The van der Waals surface area contributed by atoms with Crippen LogP contribution >= 0.6 is 11.8 Å². The summed E-state index contributed by atoms with van der Waals surface area (Å²) >= 11 is 1.24. The minimum Gasteiger partial charge on any atom is -0.325 e. The lowest BCUT2D eigenvalue weighted by Gasteiger charge is -2.08. The molecule has 0 spiro atoms. The van der Waals surface area contributed by atoms with Crippen LogP contribution in [-0.2, 0) is 4.79 Å². The number of rotatable bonds is 5. The first-order valence-electron chi connectivity index (χ1n) is 7.69. The highest BCUT2D eigenvalue weighted by Crippen LogP contribution is 2.20. The summed E-state index contributed by atoms with van der Waals surface area (Å²) in [6, 6.07) is 11.8. The second kappa shape index (κ2) is 7.48. The van der Waals surface area contributed by atoms with Crippen molar-refractivity contribution in [2.75, 3.05) is 11.1 Å². The van der Waals surface area contributed by atoms with Gasteiger partial charge >= 0.3 is 0 Å². The minimum absolute atomic E-state index is 0.120. The van der Waals surface area contributed by atoms with Gasteiger partial charge in [-0.2, -0.15) is 0 Å².